The van der Waals surface area contributed by atoms with Gasteiger partial charge in [0.2, 0.25) is 5.91 Å². The van der Waals surface area contributed by atoms with E-state index in [2.05, 4.69) is 0 Å². The number of nitrogens with zero attached hydrogens (tertiary/aromatic N) is 2. The molecule has 2 heterocycles. The monoisotopic (exact) mass is 398 g/mol. The minimum atomic E-state index is -4.45. The number of halogens is 3. The van der Waals surface area contributed by atoms with Crippen molar-refractivity contribution < 1.29 is 27.5 Å². The molecule has 2 amide bonds. The number of anilines is 1. The van der Waals surface area contributed by atoms with Gasteiger partial charge in [-0.15, -0.1) is 0 Å². The number of amides is 2. The second kappa shape index (κ2) is 6.97. The van der Waals surface area contributed by atoms with Gasteiger partial charge in [-0.2, -0.15) is 13.2 Å². The van der Waals surface area contributed by atoms with Gasteiger partial charge in [0.15, 0.2) is 0 Å². The Balaban J connectivity index is 1.69. The number of likely N-dealkylation sites (tertiary alicyclic amines) is 1. The van der Waals surface area contributed by atoms with Crippen molar-refractivity contribution in [1.82, 2.24) is 4.90 Å². The molecule has 0 aromatic heterocycles. The predicted octanol–water partition coefficient (Wildman–Crippen LogP) is 4.46. The molecule has 2 fully saturated rings. The van der Waals surface area contributed by atoms with Gasteiger partial charge in [0.25, 0.3) is 0 Å². The average molecular weight is 398 g/mol. The van der Waals surface area contributed by atoms with Crippen molar-refractivity contribution in [3.8, 4) is 0 Å². The van der Waals surface area contributed by atoms with Gasteiger partial charge < -0.3 is 14.5 Å². The number of carbonyl (C=O) groups is 2. The largest absolute Gasteiger partial charge is 0.444 e. The summed E-state index contributed by atoms with van der Waals surface area (Å²) in [7, 11) is 0. The molecule has 0 saturated carbocycles. The quantitative estimate of drug-likeness (QED) is 0.702. The van der Waals surface area contributed by atoms with Crippen LogP contribution < -0.4 is 4.90 Å². The fourth-order valence-corrected chi connectivity index (χ4v) is 3.82. The molecule has 2 aliphatic heterocycles. The van der Waals surface area contributed by atoms with Gasteiger partial charge in [-0.3, -0.25) is 4.79 Å². The second-order valence-electron chi connectivity index (χ2n) is 8.50. The Morgan fingerprint density at radius 2 is 1.68 bits per heavy atom. The lowest BCUT2D eigenvalue weighted by Crippen LogP contribution is -2.48. The predicted molar refractivity (Wildman–Crippen MR) is 97.9 cm³/mol. The normalized spacial score (nSPS) is 20.0. The van der Waals surface area contributed by atoms with E-state index in [1.165, 1.54) is 17.0 Å². The molecule has 8 heteroatoms. The van der Waals surface area contributed by atoms with Crippen LogP contribution in [0.1, 0.15) is 45.6 Å². The summed E-state index contributed by atoms with van der Waals surface area (Å²) in [5.41, 5.74) is -1.70. The molecular weight excluding hydrogens is 373 g/mol. The van der Waals surface area contributed by atoms with Crippen LogP contribution in [-0.2, 0) is 15.7 Å². The summed E-state index contributed by atoms with van der Waals surface area (Å²) in [5.74, 6) is -0.157. The zero-order valence-electron chi connectivity index (χ0n) is 16.3. The third-order valence-corrected chi connectivity index (χ3v) is 5.37. The van der Waals surface area contributed by atoms with Gasteiger partial charge in [0, 0.05) is 25.3 Å². The Kier molecular flexibility index (Phi) is 5.10. The highest BCUT2D eigenvalue weighted by molar-refractivity contribution is 6.00. The molecule has 1 aromatic carbocycles. The Hall–Kier alpha value is -2.25. The Morgan fingerprint density at radius 3 is 2.25 bits per heavy atom. The van der Waals surface area contributed by atoms with E-state index in [-0.39, 0.29) is 11.6 Å². The Morgan fingerprint density at radius 1 is 1.07 bits per heavy atom. The molecule has 2 saturated heterocycles. The first-order valence-corrected chi connectivity index (χ1v) is 9.38. The first-order chi connectivity index (χ1) is 12.9. The van der Waals surface area contributed by atoms with Crippen molar-refractivity contribution in [1.29, 1.82) is 0 Å². The highest BCUT2D eigenvalue weighted by Crippen LogP contribution is 2.44. The van der Waals surface area contributed by atoms with E-state index in [1.54, 1.807) is 25.7 Å². The molecule has 3 rings (SSSR count). The van der Waals surface area contributed by atoms with E-state index in [4.69, 9.17) is 4.74 Å². The van der Waals surface area contributed by atoms with Crippen molar-refractivity contribution in [2.24, 2.45) is 5.41 Å². The third-order valence-electron chi connectivity index (χ3n) is 5.37. The number of piperidine rings is 1. The second-order valence-corrected chi connectivity index (χ2v) is 8.50. The lowest BCUT2D eigenvalue weighted by molar-refractivity contribution is -0.137. The van der Waals surface area contributed by atoms with E-state index in [0.717, 1.165) is 12.1 Å². The summed E-state index contributed by atoms with van der Waals surface area (Å²) in [5, 5.41) is 0. The van der Waals surface area contributed by atoms with Crippen LogP contribution in [0.5, 0.6) is 0 Å². The molecule has 28 heavy (non-hydrogen) atoms. The molecule has 1 spiro atoms. The van der Waals surface area contributed by atoms with Crippen LogP contribution in [0.15, 0.2) is 24.3 Å². The molecule has 154 valence electrons. The number of rotatable bonds is 1. The van der Waals surface area contributed by atoms with Crippen LogP contribution >= 0.6 is 0 Å². The molecule has 0 atom stereocenters. The highest BCUT2D eigenvalue weighted by atomic mass is 19.4. The molecule has 1 aromatic rings. The van der Waals surface area contributed by atoms with Gasteiger partial charge in [0.05, 0.1) is 11.0 Å². The molecule has 0 aliphatic carbocycles. The van der Waals surface area contributed by atoms with Gasteiger partial charge >= 0.3 is 12.3 Å². The molecule has 0 radical (unpaired) electrons. The highest BCUT2D eigenvalue weighted by Gasteiger charge is 2.49. The maximum atomic E-state index is 13.1. The first kappa shape index (κ1) is 20.5. The maximum absolute atomic E-state index is 13.1. The zero-order valence-corrected chi connectivity index (χ0v) is 16.3. The fourth-order valence-electron chi connectivity index (χ4n) is 3.82. The van der Waals surface area contributed by atoms with E-state index in [9.17, 15) is 22.8 Å². The topological polar surface area (TPSA) is 49.9 Å². The van der Waals surface area contributed by atoms with Crippen LogP contribution in [0.3, 0.4) is 0 Å². The average Bonchev–Trinajstić information content (AvgIpc) is 2.90. The number of hydrogen-bond donors (Lipinski definition) is 0. The van der Waals surface area contributed by atoms with E-state index in [1.807, 2.05) is 0 Å². The fraction of sp³-hybridized carbons (Fsp3) is 0.600. The number of hydrogen-bond acceptors (Lipinski definition) is 3. The third kappa shape index (κ3) is 4.10. The number of alkyl halides is 3. The summed E-state index contributed by atoms with van der Waals surface area (Å²) < 4.78 is 44.3. The number of carbonyl (C=O) groups excluding carboxylic acids is 2. The molecule has 0 bridgehead atoms. The van der Waals surface area contributed by atoms with Crippen molar-refractivity contribution in [2.75, 3.05) is 24.5 Å². The SMILES string of the molecule is CC(C)(C)OC(=O)N1CCC2(CC1)CCN(c1cccc(C(F)(F)F)c1)C2=O. The van der Waals surface area contributed by atoms with Crippen molar-refractivity contribution in [3.63, 3.8) is 0 Å². The van der Waals surface area contributed by atoms with E-state index in [0.29, 0.717) is 38.9 Å². The summed E-state index contributed by atoms with van der Waals surface area (Å²) in [6, 6.07) is 4.87. The van der Waals surface area contributed by atoms with Crippen LogP contribution in [0.4, 0.5) is 23.7 Å². The molecule has 5 nitrogen and oxygen atoms in total. The molecule has 0 unspecified atom stereocenters. The number of benzene rings is 1. The number of ether oxygens (including phenoxy) is 1. The van der Waals surface area contributed by atoms with Crippen LogP contribution in [0.25, 0.3) is 0 Å². The lowest BCUT2D eigenvalue weighted by Gasteiger charge is -2.38. The standard InChI is InChI=1S/C20H25F3N2O3/c1-18(2,3)28-17(27)24-10-7-19(8-11-24)9-12-25(16(19)26)15-6-4-5-14(13-15)20(21,22)23/h4-6,13H,7-12H2,1-3H3. The van der Waals surface area contributed by atoms with Gasteiger partial charge in [0.1, 0.15) is 5.60 Å². The summed E-state index contributed by atoms with van der Waals surface area (Å²) in [4.78, 5) is 28.3. The maximum Gasteiger partial charge on any atom is 0.416 e. The van der Waals surface area contributed by atoms with Gasteiger partial charge in [-0.1, -0.05) is 6.07 Å². The van der Waals surface area contributed by atoms with Crippen molar-refractivity contribution in [3.05, 3.63) is 29.8 Å². The zero-order chi connectivity index (χ0) is 20.7. The minimum absolute atomic E-state index is 0.157. The first-order valence-electron chi connectivity index (χ1n) is 9.38. The summed E-state index contributed by atoms with van der Waals surface area (Å²) in [6.07, 6.45) is -3.30. The van der Waals surface area contributed by atoms with Crippen molar-refractivity contribution >= 4 is 17.7 Å². The smallest absolute Gasteiger partial charge is 0.416 e. The Labute approximate surface area is 162 Å². The van der Waals surface area contributed by atoms with E-state index < -0.39 is 28.8 Å². The van der Waals surface area contributed by atoms with Gasteiger partial charge in [-0.05, 0) is 58.2 Å². The van der Waals surface area contributed by atoms with Crippen LogP contribution in [-0.4, -0.2) is 42.1 Å². The van der Waals surface area contributed by atoms with Crippen LogP contribution in [0, 0.1) is 5.41 Å². The van der Waals surface area contributed by atoms with E-state index >= 15 is 0 Å². The minimum Gasteiger partial charge on any atom is -0.444 e. The summed E-state index contributed by atoms with van der Waals surface area (Å²) >= 11 is 0. The lowest BCUT2D eigenvalue weighted by atomic mass is 9.77. The molecule has 2 aliphatic rings. The molecule has 0 N–H and O–H groups in total. The van der Waals surface area contributed by atoms with Crippen molar-refractivity contribution in [2.45, 2.75) is 51.8 Å². The van der Waals surface area contributed by atoms with Gasteiger partial charge in [-0.25, -0.2) is 4.79 Å². The molecular formula is C20H25F3N2O3. The van der Waals surface area contributed by atoms with Crippen LogP contribution in [0.2, 0.25) is 0 Å². The summed E-state index contributed by atoms with van der Waals surface area (Å²) in [6.45, 7) is 6.57. The Bertz CT molecular complexity index is 763.